The Labute approximate surface area is 388 Å². The Morgan fingerprint density at radius 1 is 0.469 bits per heavy atom. The van der Waals surface area contributed by atoms with Crippen molar-refractivity contribution in [3.63, 3.8) is 0 Å². The number of allylic oxidation sites excluding steroid dienone is 2. The fraction of sp³-hybridized carbons (Fsp3) is 0.175. The maximum absolute atomic E-state index is 11.5. The number of ketones is 1. The quantitative estimate of drug-likeness (QED) is 0.0821. The van der Waals surface area contributed by atoms with Crippen LogP contribution in [0.15, 0.2) is 157 Å². The van der Waals surface area contributed by atoms with E-state index in [1.807, 2.05) is 116 Å². The van der Waals surface area contributed by atoms with Crippen LogP contribution < -0.4 is 0 Å². The van der Waals surface area contributed by atoms with E-state index in [1.165, 1.54) is 27.6 Å². The Kier molecular flexibility index (Phi) is 13.2. The first-order chi connectivity index (χ1) is 30.2. The molecule has 6 nitrogen and oxygen atoms in total. The summed E-state index contributed by atoms with van der Waals surface area (Å²) in [5.74, 6) is 0.104. The van der Waals surface area contributed by atoms with E-state index in [2.05, 4.69) is 97.1 Å². The van der Waals surface area contributed by atoms with Crippen LogP contribution in [0.3, 0.4) is 0 Å². The summed E-state index contributed by atoms with van der Waals surface area (Å²) < 4.78 is 0. The maximum Gasteiger partial charge on any atom is 0.164 e. The summed E-state index contributed by atoms with van der Waals surface area (Å²) >= 11 is 0. The van der Waals surface area contributed by atoms with Gasteiger partial charge in [-0.05, 0) is 24.6 Å². The van der Waals surface area contributed by atoms with Crippen molar-refractivity contribution in [2.45, 2.75) is 55.4 Å². The second kappa shape index (κ2) is 18.6. The molecule has 1 N–H and O–H groups in total. The Bertz CT molecular complexity index is 3150. The molecule has 0 unspecified atom stereocenters. The zero-order valence-corrected chi connectivity index (χ0v) is 39.8. The third-order valence-electron chi connectivity index (χ3n) is 11.1. The molecular weight excluding hydrogens is 965 g/mol. The van der Waals surface area contributed by atoms with E-state index in [0.29, 0.717) is 0 Å². The minimum atomic E-state index is -0.417. The molecule has 2 heterocycles. The SMILES string of the molecule is CC(C)(C)C(=O)/C=C(\O)C(C)(C)C.Cc1nc2c3[c-]cccc3c3ccccc3c2nc1-c1ccccc1.Cc1nc2c3[c-]cccc3c3ccccc3c2nc1-c1ccccc1.[Ir]. The van der Waals surface area contributed by atoms with Crippen molar-refractivity contribution in [1.29, 1.82) is 0 Å². The molecule has 7 heteroatoms. The van der Waals surface area contributed by atoms with Crippen molar-refractivity contribution in [2.75, 3.05) is 0 Å². The molecule has 0 atom stereocenters. The van der Waals surface area contributed by atoms with E-state index in [1.54, 1.807) is 0 Å². The summed E-state index contributed by atoms with van der Waals surface area (Å²) in [5, 5.41) is 18.6. The van der Waals surface area contributed by atoms with Crippen LogP contribution in [0.4, 0.5) is 0 Å². The molecule has 321 valence electrons. The van der Waals surface area contributed by atoms with Gasteiger partial charge in [-0.1, -0.05) is 172 Å². The van der Waals surface area contributed by atoms with Gasteiger partial charge in [-0.25, -0.2) is 0 Å². The second-order valence-electron chi connectivity index (χ2n) is 17.8. The number of hydrogen-bond donors (Lipinski definition) is 1. The van der Waals surface area contributed by atoms with Gasteiger partial charge in [0.25, 0.3) is 0 Å². The molecule has 0 aliphatic heterocycles. The van der Waals surface area contributed by atoms with Gasteiger partial charge in [-0.2, -0.15) is 0 Å². The first kappa shape index (κ1) is 45.4. The van der Waals surface area contributed by atoms with Gasteiger partial charge in [0, 0.05) is 59.2 Å². The molecule has 10 rings (SSSR count). The Morgan fingerprint density at radius 3 is 1.20 bits per heavy atom. The maximum atomic E-state index is 11.5. The summed E-state index contributed by atoms with van der Waals surface area (Å²) in [7, 11) is 0. The van der Waals surface area contributed by atoms with Crippen molar-refractivity contribution in [1.82, 2.24) is 19.9 Å². The molecule has 0 aliphatic rings. The number of carbonyl (C=O) groups is 1. The third-order valence-corrected chi connectivity index (χ3v) is 11.1. The summed E-state index contributed by atoms with van der Waals surface area (Å²) in [4.78, 5) is 31.4. The standard InChI is InChI=1S/2C23H15N2.C11H20O2.Ir/c2*1-15-21(16-9-3-2-4-10-16)25-23-20-14-8-6-12-18(20)17-11-5-7-13-19(17)22(23)24-15;1-10(2,3)8(12)7-9(13)11(4,5)6;/h2*2-12,14H,1H3;7,12H,1-6H3;/q2*-1;;/b;;8-7-;. The smallest absolute Gasteiger partial charge is 0.164 e. The van der Waals surface area contributed by atoms with Gasteiger partial charge in [0.2, 0.25) is 0 Å². The molecule has 0 saturated heterocycles. The minimum Gasteiger partial charge on any atom is -0.512 e. The number of rotatable bonds is 3. The molecular formula is C57H50IrN4O2-2. The van der Waals surface area contributed by atoms with Gasteiger partial charge >= 0.3 is 0 Å². The molecule has 0 amide bonds. The van der Waals surface area contributed by atoms with Crippen molar-refractivity contribution < 1.29 is 30.0 Å². The number of hydrogen-bond acceptors (Lipinski definition) is 6. The fourth-order valence-corrected chi connectivity index (χ4v) is 7.62. The largest absolute Gasteiger partial charge is 0.512 e. The summed E-state index contributed by atoms with van der Waals surface area (Å²) in [6.45, 7) is 15.2. The number of aromatic nitrogens is 4. The number of aryl methyl sites for hydroxylation is 2. The molecule has 10 aromatic rings. The van der Waals surface area contributed by atoms with Gasteiger partial charge in [-0.3, -0.25) is 24.7 Å². The van der Waals surface area contributed by atoms with E-state index >= 15 is 0 Å². The second-order valence-corrected chi connectivity index (χ2v) is 17.8. The average molecular weight is 1020 g/mol. The Balaban J connectivity index is 0.000000151. The normalized spacial score (nSPS) is 11.8. The molecule has 0 bridgehead atoms. The number of fused-ring (bicyclic) bond motifs is 12. The van der Waals surface area contributed by atoms with Crippen LogP contribution in [0.1, 0.15) is 52.9 Å². The Hall–Kier alpha value is -6.66. The number of benzene rings is 8. The first-order valence-electron chi connectivity index (χ1n) is 21.3. The summed E-state index contributed by atoms with van der Waals surface area (Å²) in [6, 6.07) is 56.3. The van der Waals surface area contributed by atoms with Gasteiger partial charge in [0.1, 0.15) is 5.76 Å². The van der Waals surface area contributed by atoms with Crippen molar-refractivity contribution in [2.24, 2.45) is 10.8 Å². The topological polar surface area (TPSA) is 88.9 Å². The molecule has 0 fully saturated rings. The molecule has 0 spiro atoms. The van der Waals surface area contributed by atoms with Crippen molar-refractivity contribution >= 4 is 70.9 Å². The van der Waals surface area contributed by atoms with Crippen molar-refractivity contribution in [3.05, 3.63) is 181 Å². The van der Waals surface area contributed by atoms with E-state index in [-0.39, 0.29) is 37.1 Å². The molecule has 1 radical (unpaired) electrons. The summed E-state index contributed by atoms with van der Waals surface area (Å²) in [5.41, 5.74) is 8.90. The van der Waals surface area contributed by atoms with Gasteiger partial charge < -0.3 is 5.11 Å². The van der Waals surface area contributed by atoms with Gasteiger partial charge in [0.05, 0.1) is 33.8 Å². The number of aliphatic hydroxyl groups excluding tert-OH is 1. The third kappa shape index (κ3) is 9.19. The molecule has 0 aliphatic carbocycles. The van der Waals surface area contributed by atoms with Crippen LogP contribution in [0.2, 0.25) is 0 Å². The van der Waals surface area contributed by atoms with E-state index < -0.39 is 5.41 Å². The van der Waals surface area contributed by atoms with Crippen LogP contribution in [-0.2, 0) is 24.9 Å². The molecule has 2 aromatic heterocycles. The van der Waals surface area contributed by atoms with Gasteiger partial charge in [0.15, 0.2) is 5.78 Å². The molecule has 0 saturated carbocycles. The van der Waals surface area contributed by atoms with E-state index in [0.717, 1.165) is 77.5 Å². The predicted molar refractivity (Wildman–Crippen MR) is 262 cm³/mol. The van der Waals surface area contributed by atoms with Crippen LogP contribution in [0.5, 0.6) is 0 Å². The number of aliphatic hydroxyl groups is 1. The number of nitrogens with zero attached hydrogens (tertiary/aromatic N) is 4. The van der Waals surface area contributed by atoms with Crippen LogP contribution in [-0.4, -0.2) is 30.8 Å². The fourth-order valence-electron chi connectivity index (χ4n) is 7.62. The predicted octanol–water partition coefficient (Wildman–Crippen LogP) is 14.5. The van der Waals surface area contributed by atoms with Crippen molar-refractivity contribution in [3.8, 4) is 22.5 Å². The zero-order chi connectivity index (χ0) is 44.5. The minimum absolute atomic E-state index is 0. The van der Waals surface area contributed by atoms with Gasteiger partial charge in [-0.15, -0.1) is 59.3 Å². The summed E-state index contributed by atoms with van der Waals surface area (Å²) in [6.07, 6.45) is 1.33. The number of carbonyl (C=O) groups excluding carboxylic acids is 1. The molecule has 64 heavy (non-hydrogen) atoms. The van der Waals surface area contributed by atoms with Crippen LogP contribution in [0.25, 0.3) is 87.7 Å². The van der Waals surface area contributed by atoms with E-state index in [9.17, 15) is 9.90 Å². The molecule has 8 aromatic carbocycles. The van der Waals surface area contributed by atoms with Crippen LogP contribution in [0, 0.1) is 36.8 Å². The van der Waals surface area contributed by atoms with E-state index in [4.69, 9.17) is 19.9 Å². The monoisotopic (exact) mass is 1020 g/mol. The van der Waals surface area contributed by atoms with Crippen LogP contribution >= 0.6 is 0 Å². The zero-order valence-electron chi connectivity index (χ0n) is 37.4. The first-order valence-corrected chi connectivity index (χ1v) is 21.3. The average Bonchev–Trinajstić information content (AvgIpc) is 3.29. The Morgan fingerprint density at radius 2 is 0.828 bits per heavy atom.